The lowest BCUT2D eigenvalue weighted by Crippen LogP contribution is -2.58. The van der Waals surface area contributed by atoms with Crippen molar-refractivity contribution in [1.29, 1.82) is 0 Å². The highest BCUT2D eigenvalue weighted by molar-refractivity contribution is 5.94. The lowest BCUT2D eigenvalue weighted by Gasteiger charge is -2.34. The van der Waals surface area contributed by atoms with Gasteiger partial charge >= 0.3 is 0 Å². The van der Waals surface area contributed by atoms with Gasteiger partial charge in [0.15, 0.2) is 0 Å². The number of rotatable bonds is 13. The highest BCUT2D eigenvalue weighted by Gasteiger charge is 2.38. The van der Waals surface area contributed by atoms with Crippen LogP contribution in [0.25, 0.3) is 0 Å². The molecule has 1 fully saturated rings. The van der Waals surface area contributed by atoms with Gasteiger partial charge in [0.05, 0.1) is 24.0 Å². The van der Waals surface area contributed by atoms with Crippen LogP contribution in [0, 0.1) is 5.82 Å². The zero-order chi connectivity index (χ0) is 30.9. The minimum atomic E-state index is -0.875. The number of amides is 3. The first-order valence-electron chi connectivity index (χ1n) is 14.6. The molecule has 0 radical (unpaired) electrons. The predicted molar refractivity (Wildman–Crippen MR) is 162 cm³/mol. The zero-order valence-corrected chi connectivity index (χ0v) is 25.2. The van der Waals surface area contributed by atoms with E-state index in [0.29, 0.717) is 38.2 Å². The van der Waals surface area contributed by atoms with Gasteiger partial charge in [-0.25, -0.2) is 4.39 Å². The molecule has 2 aromatic carbocycles. The number of halogens is 1. The van der Waals surface area contributed by atoms with Crippen LogP contribution in [0.2, 0.25) is 0 Å². The second kappa shape index (κ2) is 14.9. The highest BCUT2D eigenvalue weighted by atomic mass is 19.1. The predicted octanol–water partition coefficient (Wildman–Crippen LogP) is 1.69. The molecule has 0 aliphatic carbocycles. The first-order chi connectivity index (χ1) is 20.7. The molecule has 4 N–H and O–H groups in total. The van der Waals surface area contributed by atoms with Gasteiger partial charge in [-0.3, -0.25) is 24.8 Å². The Hall–Kier alpha value is -4.00. The van der Waals surface area contributed by atoms with Crippen molar-refractivity contribution in [2.24, 2.45) is 0 Å². The molecule has 1 saturated heterocycles. The van der Waals surface area contributed by atoms with Crippen LogP contribution in [-0.4, -0.2) is 85.5 Å². The molecule has 0 saturated carbocycles. The van der Waals surface area contributed by atoms with E-state index in [2.05, 4.69) is 21.6 Å². The van der Waals surface area contributed by atoms with Crippen molar-refractivity contribution < 1.29 is 23.5 Å². The summed E-state index contributed by atoms with van der Waals surface area (Å²) in [5.41, 5.74) is 8.09. The molecule has 2 heterocycles. The van der Waals surface area contributed by atoms with Gasteiger partial charge in [0, 0.05) is 32.8 Å². The molecule has 0 aromatic heterocycles. The van der Waals surface area contributed by atoms with E-state index in [9.17, 15) is 18.8 Å². The van der Waals surface area contributed by atoms with Crippen molar-refractivity contribution in [1.82, 2.24) is 31.4 Å². The van der Waals surface area contributed by atoms with Crippen molar-refractivity contribution in [2.75, 3.05) is 38.8 Å². The summed E-state index contributed by atoms with van der Waals surface area (Å²) < 4.78 is 19.0. The largest absolute Gasteiger partial charge is 0.379 e. The molecule has 0 unspecified atom stereocenters. The van der Waals surface area contributed by atoms with Gasteiger partial charge in [-0.15, -0.1) is 5.53 Å². The Balaban J connectivity index is 1.53. The third-order valence-electron chi connectivity index (χ3n) is 8.03. The van der Waals surface area contributed by atoms with Crippen LogP contribution in [0.4, 0.5) is 10.1 Å². The van der Waals surface area contributed by atoms with Crippen LogP contribution < -0.4 is 26.6 Å². The summed E-state index contributed by atoms with van der Waals surface area (Å²) in [4.78, 5) is 43.9. The normalized spacial score (nSPS) is 18.4. The van der Waals surface area contributed by atoms with Gasteiger partial charge in [0.25, 0.3) is 5.91 Å². The molecular weight excluding hydrogens is 553 g/mol. The van der Waals surface area contributed by atoms with Crippen LogP contribution in [-0.2, 0) is 25.5 Å². The molecule has 11 nitrogen and oxygen atoms in total. The van der Waals surface area contributed by atoms with Gasteiger partial charge in [-0.1, -0.05) is 30.3 Å². The lowest BCUT2D eigenvalue weighted by atomic mass is 10.1. The van der Waals surface area contributed by atoms with E-state index >= 15 is 0 Å². The third kappa shape index (κ3) is 8.09. The maximum Gasteiger partial charge on any atom is 0.273 e. The average Bonchev–Trinajstić information content (AvgIpc) is 3.72. The van der Waals surface area contributed by atoms with Crippen molar-refractivity contribution in [3.63, 3.8) is 0 Å². The summed E-state index contributed by atoms with van der Waals surface area (Å²) in [5, 5.41) is 7.46. The number of ether oxygens (including phenoxy) is 1. The molecular formula is C31H42FN7O4. The fraction of sp³-hybridized carbons (Fsp3) is 0.452. The number of nitrogens with one attached hydrogen (secondary N) is 4. The Kier molecular flexibility index (Phi) is 11.1. The van der Waals surface area contributed by atoms with Gasteiger partial charge in [-0.05, 0) is 70.0 Å². The number of para-hydroxylation sites is 1. The van der Waals surface area contributed by atoms with Crippen molar-refractivity contribution in [3.05, 3.63) is 77.9 Å². The Morgan fingerprint density at radius 2 is 1.84 bits per heavy atom. The fourth-order valence-corrected chi connectivity index (χ4v) is 5.19. The molecule has 4 rings (SSSR count). The average molecular weight is 596 g/mol. The maximum atomic E-state index is 13.9. The highest BCUT2D eigenvalue weighted by Crippen LogP contribution is 2.23. The molecule has 4 atom stereocenters. The summed E-state index contributed by atoms with van der Waals surface area (Å²) >= 11 is 0. The summed E-state index contributed by atoms with van der Waals surface area (Å²) in [6.07, 6.45) is 3.14. The number of nitrogens with zero attached hydrogens (tertiary/aromatic N) is 3. The summed E-state index contributed by atoms with van der Waals surface area (Å²) in [6, 6.07) is 14.2. The zero-order valence-electron chi connectivity index (χ0n) is 25.2. The van der Waals surface area contributed by atoms with E-state index < -0.39 is 18.2 Å². The minimum Gasteiger partial charge on any atom is -0.379 e. The standard InChI is InChI=1S/C31H42FN7O4/c1-21(33-3)29(40)34-28(22(2)43-4)31(42)38-17-8-11-26(38)19-37(18-16-23-12-14-24(32)15-13-23)30(41)27-20-39(36-35-27)25-9-6-5-7-10-25/h5-7,9-10,12-15,20-22,26,28,33,35-36H,8,11,16-19H2,1-4H3,(H,34,40)/t21-,22+,26-,28-/m0/s1. The smallest absolute Gasteiger partial charge is 0.273 e. The first kappa shape index (κ1) is 31.9. The van der Waals surface area contributed by atoms with Gasteiger partial charge < -0.3 is 25.2 Å². The Bertz CT molecular complexity index is 1280. The van der Waals surface area contributed by atoms with Gasteiger partial charge in [0.1, 0.15) is 17.6 Å². The van der Waals surface area contributed by atoms with E-state index in [4.69, 9.17) is 4.74 Å². The topological polar surface area (TPSA) is 118 Å². The number of hydrogen-bond acceptors (Lipinski definition) is 8. The number of carbonyl (C=O) groups excluding carboxylic acids is 3. The first-order valence-corrected chi connectivity index (χ1v) is 14.6. The Morgan fingerprint density at radius 3 is 2.51 bits per heavy atom. The number of methoxy groups -OCH3 is 1. The second-order valence-corrected chi connectivity index (χ2v) is 10.9. The van der Waals surface area contributed by atoms with Crippen LogP contribution >= 0.6 is 0 Å². The van der Waals surface area contributed by atoms with E-state index in [-0.39, 0.29) is 29.6 Å². The number of carbonyl (C=O) groups is 3. The monoisotopic (exact) mass is 595 g/mol. The van der Waals surface area contributed by atoms with E-state index in [1.54, 1.807) is 54.0 Å². The SMILES string of the molecule is CN[C@@H](C)C(=O)N[C@H](C(=O)N1CCC[C@H]1CN(CCc1ccc(F)cc1)C(=O)C1=CN(c2ccccc2)NN1)[C@@H](C)OC. The summed E-state index contributed by atoms with van der Waals surface area (Å²) in [7, 11) is 3.18. The molecule has 2 aromatic rings. The number of anilines is 1. The summed E-state index contributed by atoms with van der Waals surface area (Å²) in [5.74, 6) is -1.09. The molecule has 12 heteroatoms. The van der Waals surface area contributed by atoms with Crippen LogP contribution in [0.5, 0.6) is 0 Å². The van der Waals surface area contributed by atoms with Crippen molar-refractivity contribution in [2.45, 2.75) is 57.3 Å². The van der Waals surface area contributed by atoms with Crippen molar-refractivity contribution in [3.8, 4) is 0 Å². The van der Waals surface area contributed by atoms with Crippen LogP contribution in [0.3, 0.4) is 0 Å². The number of hydrogen-bond donors (Lipinski definition) is 4. The Morgan fingerprint density at radius 1 is 1.12 bits per heavy atom. The van der Waals surface area contributed by atoms with Gasteiger partial charge in [0.2, 0.25) is 11.8 Å². The molecule has 0 bridgehead atoms. The quantitative estimate of drug-likeness (QED) is 0.277. The minimum absolute atomic E-state index is 0.231. The number of hydrazine groups is 2. The van der Waals surface area contributed by atoms with Crippen LogP contribution in [0.15, 0.2) is 66.5 Å². The number of benzene rings is 2. The maximum absolute atomic E-state index is 13.9. The molecule has 232 valence electrons. The van der Waals surface area contributed by atoms with E-state index in [1.165, 1.54) is 19.2 Å². The van der Waals surface area contributed by atoms with Crippen LogP contribution in [0.1, 0.15) is 32.3 Å². The second-order valence-electron chi connectivity index (χ2n) is 10.9. The molecule has 2 aliphatic rings. The molecule has 3 amide bonds. The fourth-order valence-electron chi connectivity index (χ4n) is 5.19. The number of likely N-dealkylation sites (N-methyl/N-ethyl adjacent to an activating group) is 1. The lowest BCUT2D eigenvalue weighted by molar-refractivity contribution is -0.142. The van der Waals surface area contributed by atoms with E-state index in [0.717, 1.165) is 17.7 Å². The Labute approximate surface area is 252 Å². The van der Waals surface area contributed by atoms with Crippen molar-refractivity contribution >= 4 is 23.4 Å². The van der Waals surface area contributed by atoms with Gasteiger partial charge in [-0.2, -0.15) is 0 Å². The molecule has 43 heavy (non-hydrogen) atoms. The van der Waals surface area contributed by atoms with E-state index in [1.807, 2.05) is 30.3 Å². The number of likely N-dealkylation sites (tertiary alicyclic amines) is 1. The molecule has 2 aliphatic heterocycles. The third-order valence-corrected chi connectivity index (χ3v) is 8.03. The molecule has 0 spiro atoms. The summed E-state index contributed by atoms with van der Waals surface area (Å²) in [6.45, 7) is 4.64.